The number of aromatic nitrogens is 1. The van der Waals surface area contributed by atoms with Crippen LogP contribution in [-0.2, 0) is 27.3 Å². The fraction of sp³-hybridized carbons (Fsp3) is 0.765. The third-order valence-corrected chi connectivity index (χ3v) is 6.63. The van der Waals surface area contributed by atoms with E-state index in [9.17, 15) is 4.79 Å². The fourth-order valence-electron chi connectivity index (χ4n) is 4.24. The third kappa shape index (κ3) is 2.81. The van der Waals surface area contributed by atoms with Crippen LogP contribution in [0.25, 0.3) is 0 Å². The molecule has 4 atom stereocenters. The van der Waals surface area contributed by atoms with Crippen molar-refractivity contribution < 1.29 is 14.3 Å². The number of ether oxygens (including phenoxy) is 2. The van der Waals surface area contributed by atoms with Crippen LogP contribution < -0.4 is 0 Å². The third-order valence-electron chi connectivity index (χ3n) is 5.76. The van der Waals surface area contributed by atoms with E-state index in [4.69, 9.17) is 9.47 Å². The molecular formula is C17H25NO3S. The van der Waals surface area contributed by atoms with Gasteiger partial charge in [0.25, 0.3) is 0 Å². The number of carbonyl (C=O) groups is 1. The number of nitrogens with zero attached hydrogens (tertiary/aromatic N) is 1. The van der Waals surface area contributed by atoms with Gasteiger partial charge in [0.15, 0.2) is 0 Å². The smallest absolute Gasteiger partial charge is 0.312 e. The Balaban J connectivity index is 1.54. The number of hydrogen-bond donors (Lipinski definition) is 0. The lowest BCUT2D eigenvalue weighted by molar-refractivity contribution is -0.185. The van der Waals surface area contributed by atoms with Gasteiger partial charge in [-0.1, -0.05) is 20.8 Å². The van der Waals surface area contributed by atoms with Gasteiger partial charge in [-0.05, 0) is 36.0 Å². The first-order valence-corrected chi connectivity index (χ1v) is 8.91. The maximum Gasteiger partial charge on any atom is 0.312 e. The Kier molecular flexibility index (Phi) is 4.29. The molecule has 1 heterocycles. The maximum absolute atomic E-state index is 12.2. The van der Waals surface area contributed by atoms with Gasteiger partial charge in [0, 0.05) is 12.5 Å². The highest BCUT2D eigenvalue weighted by Crippen LogP contribution is 2.61. The van der Waals surface area contributed by atoms with E-state index in [1.807, 2.05) is 5.38 Å². The molecule has 0 saturated heterocycles. The Morgan fingerprint density at radius 3 is 2.86 bits per heavy atom. The highest BCUT2D eigenvalue weighted by molar-refractivity contribution is 7.09. The van der Waals surface area contributed by atoms with E-state index in [2.05, 4.69) is 25.8 Å². The van der Waals surface area contributed by atoms with Gasteiger partial charge in [-0.2, -0.15) is 0 Å². The average molecular weight is 323 g/mol. The van der Waals surface area contributed by atoms with Crippen molar-refractivity contribution in [3.05, 3.63) is 16.1 Å². The molecule has 0 aliphatic heterocycles. The molecule has 0 amide bonds. The Morgan fingerprint density at radius 1 is 1.45 bits per heavy atom. The Morgan fingerprint density at radius 2 is 2.23 bits per heavy atom. The van der Waals surface area contributed by atoms with Crippen LogP contribution in [0.15, 0.2) is 5.38 Å². The zero-order valence-corrected chi connectivity index (χ0v) is 14.6. The normalized spacial score (nSPS) is 32.4. The van der Waals surface area contributed by atoms with Gasteiger partial charge >= 0.3 is 5.97 Å². The SMILES string of the molecule is COCc1nc(CC(=O)O[C@H]2C[C@H]3C[C@@H]([C@H]2C)C3(C)C)cs1. The molecule has 122 valence electrons. The molecule has 0 spiro atoms. The van der Waals surface area contributed by atoms with Crippen molar-refractivity contribution in [1.29, 1.82) is 0 Å². The van der Waals surface area contributed by atoms with E-state index in [1.165, 1.54) is 17.8 Å². The summed E-state index contributed by atoms with van der Waals surface area (Å²) in [6, 6.07) is 0. The number of fused-ring (bicyclic) bond motifs is 2. The van der Waals surface area contributed by atoms with E-state index in [1.54, 1.807) is 7.11 Å². The minimum absolute atomic E-state index is 0.0846. The summed E-state index contributed by atoms with van der Waals surface area (Å²) in [5.41, 5.74) is 1.21. The molecule has 3 aliphatic rings. The van der Waals surface area contributed by atoms with E-state index in [-0.39, 0.29) is 18.5 Å². The summed E-state index contributed by atoms with van der Waals surface area (Å²) >= 11 is 1.53. The van der Waals surface area contributed by atoms with Crippen LogP contribution >= 0.6 is 11.3 Å². The number of rotatable bonds is 5. The molecule has 22 heavy (non-hydrogen) atoms. The summed E-state index contributed by atoms with van der Waals surface area (Å²) < 4.78 is 10.8. The second kappa shape index (κ2) is 5.93. The average Bonchev–Trinajstić information content (AvgIpc) is 2.88. The quantitative estimate of drug-likeness (QED) is 0.779. The second-order valence-electron chi connectivity index (χ2n) is 7.33. The standard InChI is InChI=1S/C17H25NO3S/c1-10-13-5-11(17(13,2)3)6-14(10)21-16(19)7-12-9-22-15(18-12)8-20-4/h9-11,13-14H,5-8H2,1-4H3/t10-,11-,13+,14+/m1/s1. The predicted molar refractivity (Wildman–Crippen MR) is 85.6 cm³/mol. The maximum atomic E-state index is 12.2. The molecule has 2 bridgehead atoms. The Bertz CT molecular complexity index is 554. The lowest BCUT2D eigenvalue weighted by Gasteiger charge is -2.61. The first-order chi connectivity index (χ1) is 10.4. The molecule has 5 heteroatoms. The first-order valence-electron chi connectivity index (χ1n) is 8.03. The van der Waals surface area contributed by atoms with Crippen LogP contribution in [0.1, 0.15) is 44.3 Å². The lowest BCUT2D eigenvalue weighted by Crippen LogP contribution is -2.57. The molecule has 3 aliphatic carbocycles. The van der Waals surface area contributed by atoms with Crippen molar-refractivity contribution in [2.45, 2.75) is 52.7 Å². The van der Waals surface area contributed by atoms with Crippen molar-refractivity contribution in [2.75, 3.05) is 7.11 Å². The molecule has 0 aromatic carbocycles. The zero-order chi connectivity index (χ0) is 15.9. The molecule has 4 nitrogen and oxygen atoms in total. The van der Waals surface area contributed by atoms with Crippen LogP contribution in [0.2, 0.25) is 0 Å². The molecule has 0 radical (unpaired) electrons. The van der Waals surface area contributed by atoms with Crippen LogP contribution in [0.5, 0.6) is 0 Å². The molecule has 3 saturated carbocycles. The lowest BCUT2D eigenvalue weighted by atomic mass is 9.45. The van der Waals surface area contributed by atoms with Gasteiger partial charge in [0.1, 0.15) is 11.1 Å². The van der Waals surface area contributed by atoms with E-state index in [0.29, 0.717) is 29.8 Å². The van der Waals surface area contributed by atoms with Gasteiger partial charge < -0.3 is 9.47 Å². The minimum atomic E-state index is -0.148. The molecule has 1 aromatic heterocycles. The summed E-state index contributed by atoms with van der Waals surface area (Å²) in [6.07, 6.45) is 2.67. The number of carbonyl (C=O) groups excluding carboxylic acids is 1. The number of hydrogen-bond acceptors (Lipinski definition) is 5. The largest absolute Gasteiger partial charge is 0.462 e. The van der Waals surface area contributed by atoms with Crippen LogP contribution in [-0.4, -0.2) is 24.2 Å². The summed E-state index contributed by atoms with van der Waals surface area (Å²) in [5, 5.41) is 2.82. The second-order valence-corrected chi connectivity index (χ2v) is 8.27. The highest BCUT2D eigenvalue weighted by atomic mass is 32.1. The summed E-state index contributed by atoms with van der Waals surface area (Å²) in [6.45, 7) is 7.44. The number of methoxy groups -OCH3 is 1. The predicted octanol–water partition coefficient (Wildman–Crippen LogP) is 3.45. The van der Waals surface area contributed by atoms with Gasteiger partial charge in [-0.15, -0.1) is 11.3 Å². The molecule has 1 aromatic rings. The summed E-state index contributed by atoms with van der Waals surface area (Å²) in [4.78, 5) is 16.6. The van der Waals surface area contributed by atoms with E-state index >= 15 is 0 Å². The van der Waals surface area contributed by atoms with Crippen LogP contribution in [0.3, 0.4) is 0 Å². The zero-order valence-electron chi connectivity index (χ0n) is 13.8. The van der Waals surface area contributed by atoms with Crippen LogP contribution in [0, 0.1) is 23.2 Å². The van der Waals surface area contributed by atoms with Crippen LogP contribution in [0.4, 0.5) is 0 Å². The summed E-state index contributed by atoms with van der Waals surface area (Å²) in [5.74, 6) is 1.71. The minimum Gasteiger partial charge on any atom is -0.462 e. The number of thiazole rings is 1. The first kappa shape index (κ1) is 15.9. The molecular weight excluding hydrogens is 298 g/mol. The monoisotopic (exact) mass is 323 g/mol. The Hall–Kier alpha value is -0.940. The van der Waals surface area contributed by atoms with Crippen molar-refractivity contribution >= 4 is 17.3 Å². The van der Waals surface area contributed by atoms with E-state index in [0.717, 1.165) is 17.1 Å². The summed E-state index contributed by atoms with van der Waals surface area (Å²) in [7, 11) is 1.65. The van der Waals surface area contributed by atoms with Crippen molar-refractivity contribution in [3.8, 4) is 0 Å². The Labute approximate surface area is 136 Å². The van der Waals surface area contributed by atoms with Crippen molar-refractivity contribution in [3.63, 3.8) is 0 Å². The van der Waals surface area contributed by atoms with Gasteiger partial charge in [0.2, 0.25) is 0 Å². The molecule has 0 unspecified atom stereocenters. The highest BCUT2D eigenvalue weighted by Gasteiger charge is 2.57. The van der Waals surface area contributed by atoms with Crippen molar-refractivity contribution in [2.24, 2.45) is 23.2 Å². The molecule has 0 N–H and O–H groups in total. The van der Waals surface area contributed by atoms with Crippen molar-refractivity contribution in [1.82, 2.24) is 4.98 Å². The van der Waals surface area contributed by atoms with Gasteiger partial charge in [-0.25, -0.2) is 4.98 Å². The van der Waals surface area contributed by atoms with E-state index < -0.39 is 0 Å². The van der Waals surface area contributed by atoms with Gasteiger partial charge in [-0.3, -0.25) is 4.79 Å². The number of esters is 1. The topological polar surface area (TPSA) is 48.4 Å². The molecule has 4 rings (SSSR count). The fourth-order valence-corrected chi connectivity index (χ4v) is 5.00. The molecule has 3 fully saturated rings. The van der Waals surface area contributed by atoms with Gasteiger partial charge in [0.05, 0.1) is 18.7 Å².